The van der Waals surface area contributed by atoms with Gasteiger partial charge in [0.05, 0.1) is 12.9 Å². The van der Waals surface area contributed by atoms with E-state index in [1.165, 1.54) is 22.5 Å². The van der Waals surface area contributed by atoms with Gasteiger partial charge < -0.3 is 14.5 Å². The maximum atomic E-state index is 13.5. The van der Waals surface area contributed by atoms with Crippen LogP contribution >= 0.6 is 11.3 Å². The van der Waals surface area contributed by atoms with Crippen molar-refractivity contribution in [3.63, 3.8) is 0 Å². The second-order valence-electron chi connectivity index (χ2n) is 7.49. The van der Waals surface area contributed by atoms with E-state index in [0.717, 1.165) is 30.6 Å². The van der Waals surface area contributed by atoms with Gasteiger partial charge in [-0.25, -0.2) is 0 Å². The molecule has 0 bridgehead atoms. The Labute approximate surface area is 185 Å². The number of amides is 2. The highest BCUT2D eigenvalue weighted by Crippen LogP contribution is 2.33. The topological polar surface area (TPSA) is 71.8 Å². The lowest BCUT2D eigenvalue weighted by Crippen LogP contribution is -2.46. The number of carbonyl (C=O) groups excluding carboxylic acids is 2. The maximum Gasteiger partial charge on any atom is 0.295 e. The molecule has 1 fully saturated rings. The molecule has 4 rings (SSSR count). The van der Waals surface area contributed by atoms with Crippen LogP contribution in [0.2, 0.25) is 0 Å². The van der Waals surface area contributed by atoms with E-state index < -0.39 is 6.04 Å². The minimum Gasteiger partial charge on any atom is -0.494 e. The Bertz CT molecular complexity index is 977. The summed E-state index contributed by atoms with van der Waals surface area (Å²) in [4.78, 5) is 29.3. The average Bonchev–Trinajstić information content (AvgIpc) is 3.56. The summed E-state index contributed by atoms with van der Waals surface area (Å²) in [6, 6.07) is 13.6. The quantitative estimate of drug-likeness (QED) is 0.526. The van der Waals surface area contributed by atoms with Gasteiger partial charge in [0.25, 0.3) is 5.91 Å². The molecule has 31 heavy (non-hydrogen) atoms. The van der Waals surface area contributed by atoms with Gasteiger partial charge in [-0.05, 0) is 67.6 Å². The van der Waals surface area contributed by atoms with E-state index >= 15 is 0 Å². The van der Waals surface area contributed by atoms with Crippen LogP contribution in [-0.4, -0.2) is 24.5 Å². The number of carbonyl (C=O) groups is 2. The standard InChI is InChI=1S/C24H26N2O4S/c1-2-29-19-13-11-18(12-14-19)26(24(28)20-9-5-15-30-20)22(21-10-6-16-31-21)23(27)25-17-7-3-4-8-17/h5-6,9-17,22H,2-4,7-8H2,1H3,(H,25,27). The number of benzene rings is 1. The molecule has 6 nitrogen and oxygen atoms in total. The Hall–Kier alpha value is -3.06. The lowest BCUT2D eigenvalue weighted by molar-refractivity contribution is -0.123. The van der Waals surface area contributed by atoms with Crippen molar-refractivity contribution in [2.75, 3.05) is 11.5 Å². The Morgan fingerprint density at radius 3 is 2.55 bits per heavy atom. The third kappa shape index (κ3) is 4.82. The zero-order valence-corrected chi connectivity index (χ0v) is 18.3. The lowest BCUT2D eigenvalue weighted by atomic mass is 10.1. The van der Waals surface area contributed by atoms with Gasteiger partial charge in [0, 0.05) is 16.6 Å². The minimum atomic E-state index is -0.795. The van der Waals surface area contributed by atoms with Crippen molar-refractivity contribution in [2.24, 2.45) is 0 Å². The Balaban J connectivity index is 1.73. The van der Waals surface area contributed by atoms with Crippen LogP contribution in [0.5, 0.6) is 5.75 Å². The van der Waals surface area contributed by atoms with E-state index in [-0.39, 0.29) is 23.6 Å². The van der Waals surface area contributed by atoms with Gasteiger partial charge in [-0.3, -0.25) is 14.5 Å². The number of furan rings is 1. The summed E-state index contributed by atoms with van der Waals surface area (Å²) in [6.07, 6.45) is 5.63. The van der Waals surface area contributed by atoms with Crippen molar-refractivity contribution >= 4 is 28.8 Å². The first kappa shape index (κ1) is 21.2. The minimum absolute atomic E-state index is 0.149. The number of rotatable bonds is 8. The molecule has 162 valence electrons. The van der Waals surface area contributed by atoms with Gasteiger partial charge in [-0.2, -0.15) is 0 Å². The van der Waals surface area contributed by atoms with Gasteiger partial charge in [0.15, 0.2) is 11.8 Å². The molecule has 1 saturated carbocycles. The molecule has 1 aliphatic rings. The average molecular weight is 439 g/mol. The molecular formula is C24H26N2O4S. The first-order valence-corrected chi connectivity index (χ1v) is 11.5. The fourth-order valence-corrected chi connectivity index (χ4v) is 4.76. The van der Waals surface area contributed by atoms with Gasteiger partial charge in [-0.1, -0.05) is 18.9 Å². The Morgan fingerprint density at radius 2 is 1.94 bits per heavy atom. The molecule has 2 aromatic heterocycles. The molecule has 1 N–H and O–H groups in total. The highest BCUT2D eigenvalue weighted by atomic mass is 32.1. The normalized spacial score (nSPS) is 14.9. The van der Waals surface area contributed by atoms with Crippen molar-refractivity contribution in [2.45, 2.75) is 44.7 Å². The molecular weight excluding hydrogens is 412 g/mol. The largest absolute Gasteiger partial charge is 0.494 e. The third-order valence-electron chi connectivity index (χ3n) is 5.40. The van der Waals surface area contributed by atoms with E-state index in [1.807, 2.05) is 36.6 Å². The summed E-state index contributed by atoms with van der Waals surface area (Å²) in [5, 5.41) is 5.08. The Kier molecular flexibility index (Phi) is 6.72. The molecule has 0 spiro atoms. The number of anilines is 1. The zero-order valence-electron chi connectivity index (χ0n) is 17.5. The molecule has 0 saturated heterocycles. The number of hydrogen-bond donors (Lipinski definition) is 1. The van der Waals surface area contributed by atoms with Gasteiger partial charge in [-0.15, -0.1) is 11.3 Å². The van der Waals surface area contributed by atoms with Crippen molar-refractivity contribution in [1.82, 2.24) is 5.32 Å². The third-order valence-corrected chi connectivity index (χ3v) is 6.32. The predicted molar refractivity (Wildman–Crippen MR) is 121 cm³/mol. The number of hydrogen-bond acceptors (Lipinski definition) is 5. The first-order chi connectivity index (χ1) is 15.2. The molecule has 0 radical (unpaired) electrons. The summed E-state index contributed by atoms with van der Waals surface area (Å²) in [5.41, 5.74) is 0.602. The molecule has 2 amide bonds. The smallest absolute Gasteiger partial charge is 0.295 e. The van der Waals surface area contributed by atoms with Crippen molar-refractivity contribution in [3.8, 4) is 5.75 Å². The van der Waals surface area contributed by atoms with E-state index in [4.69, 9.17) is 9.15 Å². The lowest BCUT2D eigenvalue weighted by Gasteiger charge is -2.31. The zero-order chi connectivity index (χ0) is 21.6. The van der Waals surface area contributed by atoms with E-state index in [9.17, 15) is 9.59 Å². The van der Waals surface area contributed by atoms with E-state index in [1.54, 1.807) is 24.3 Å². The van der Waals surface area contributed by atoms with Crippen LogP contribution in [0, 0.1) is 0 Å². The molecule has 1 aromatic carbocycles. The maximum absolute atomic E-state index is 13.5. The van der Waals surface area contributed by atoms with Gasteiger partial charge in [0.2, 0.25) is 5.91 Å². The van der Waals surface area contributed by atoms with Crippen LogP contribution < -0.4 is 15.0 Å². The summed E-state index contributed by atoms with van der Waals surface area (Å²) in [7, 11) is 0. The number of nitrogens with zero attached hydrogens (tertiary/aromatic N) is 1. The highest BCUT2D eigenvalue weighted by Gasteiger charge is 2.36. The SMILES string of the molecule is CCOc1ccc(N(C(=O)c2ccco2)C(C(=O)NC2CCCC2)c2cccs2)cc1. The van der Waals surface area contributed by atoms with E-state index in [2.05, 4.69) is 5.32 Å². The number of thiophene rings is 1. The highest BCUT2D eigenvalue weighted by molar-refractivity contribution is 7.10. The summed E-state index contributed by atoms with van der Waals surface area (Å²) in [6.45, 7) is 2.47. The summed E-state index contributed by atoms with van der Waals surface area (Å²) >= 11 is 1.46. The summed E-state index contributed by atoms with van der Waals surface area (Å²) < 4.78 is 10.9. The molecule has 7 heteroatoms. The molecule has 0 aliphatic heterocycles. The van der Waals surface area contributed by atoms with Crippen molar-refractivity contribution < 1.29 is 18.7 Å². The number of nitrogens with one attached hydrogen (secondary N) is 1. The second-order valence-corrected chi connectivity index (χ2v) is 8.47. The summed E-state index contributed by atoms with van der Waals surface area (Å²) in [5.74, 6) is 0.348. The second kappa shape index (κ2) is 9.83. The van der Waals surface area contributed by atoms with Crippen LogP contribution in [-0.2, 0) is 4.79 Å². The van der Waals surface area contributed by atoms with Crippen molar-refractivity contribution in [1.29, 1.82) is 0 Å². The fraction of sp³-hybridized carbons (Fsp3) is 0.333. The van der Waals surface area contributed by atoms with E-state index in [0.29, 0.717) is 18.0 Å². The van der Waals surface area contributed by atoms with Crippen LogP contribution in [0.25, 0.3) is 0 Å². The van der Waals surface area contributed by atoms with Crippen LogP contribution in [0.3, 0.4) is 0 Å². The molecule has 3 aromatic rings. The molecule has 2 heterocycles. The number of ether oxygens (including phenoxy) is 1. The van der Waals surface area contributed by atoms with Crippen LogP contribution in [0.15, 0.2) is 64.6 Å². The predicted octanol–water partition coefficient (Wildman–Crippen LogP) is 5.19. The molecule has 1 aliphatic carbocycles. The van der Waals surface area contributed by atoms with Gasteiger partial charge in [0.1, 0.15) is 5.75 Å². The van der Waals surface area contributed by atoms with Crippen LogP contribution in [0.1, 0.15) is 54.1 Å². The monoisotopic (exact) mass is 438 g/mol. The fourth-order valence-electron chi connectivity index (χ4n) is 3.94. The Morgan fingerprint density at radius 1 is 1.16 bits per heavy atom. The molecule has 1 unspecified atom stereocenters. The van der Waals surface area contributed by atoms with Crippen molar-refractivity contribution in [3.05, 3.63) is 70.8 Å². The van der Waals surface area contributed by atoms with Gasteiger partial charge >= 0.3 is 0 Å². The molecule has 1 atom stereocenters. The first-order valence-electron chi connectivity index (χ1n) is 10.6. The van der Waals surface area contributed by atoms with Crippen LogP contribution in [0.4, 0.5) is 5.69 Å².